The van der Waals surface area contributed by atoms with Crippen molar-refractivity contribution in [3.05, 3.63) is 106 Å². The standard InChI is InChI=1S/C24H21N3O6/c28-22(23-25-19-8-4-5-9-21(19)33-23)20(14-16-10-12-18(13-11-16)27(30)31)26-24(29)32-15-17-6-2-1-3-7-17/h1-13,20,22,28H,14-15H2,(H,26,29)/t20-,22?/m0/s1. The first-order valence-corrected chi connectivity index (χ1v) is 10.2. The van der Waals surface area contributed by atoms with E-state index in [4.69, 9.17) is 9.15 Å². The molecule has 0 fully saturated rings. The SMILES string of the molecule is O=C(N[C@@H](Cc1ccc([N+](=O)[O-])cc1)C(O)c1nc2ccccc2o1)OCc1ccccc1. The summed E-state index contributed by atoms with van der Waals surface area (Å²) < 4.78 is 11.0. The number of carbonyl (C=O) groups excluding carboxylic acids is 1. The molecule has 0 bridgehead atoms. The van der Waals surface area contributed by atoms with Crippen molar-refractivity contribution in [3.63, 3.8) is 0 Å². The quantitative estimate of drug-likeness (QED) is 0.304. The Bertz CT molecular complexity index is 1210. The molecule has 1 aromatic heterocycles. The summed E-state index contributed by atoms with van der Waals surface area (Å²) in [7, 11) is 0. The number of ether oxygens (including phenoxy) is 1. The summed E-state index contributed by atoms with van der Waals surface area (Å²) in [5.74, 6) is 0.0477. The molecule has 4 rings (SSSR count). The number of aliphatic hydroxyl groups is 1. The van der Waals surface area contributed by atoms with Crippen molar-refractivity contribution in [2.45, 2.75) is 25.2 Å². The van der Waals surface area contributed by atoms with Gasteiger partial charge in [0.2, 0.25) is 5.89 Å². The Morgan fingerprint density at radius 3 is 2.42 bits per heavy atom. The Morgan fingerprint density at radius 1 is 1.03 bits per heavy atom. The minimum absolute atomic E-state index is 0.0477. The van der Waals surface area contributed by atoms with E-state index in [1.807, 2.05) is 30.3 Å². The fourth-order valence-electron chi connectivity index (χ4n) is 3.35. The molecule has 168 valence electrons. The van der Waals surface area contributed by atoms with Crippen molar-refractivity contribution in [3.8, 4) is 0 Å². The molecule has 2 atom stereocenters. The van der Waals surface area contributed by atoms with Crippen molar-refractivity contribution in [1.82, 2.24) is 10.3 Å². The van der Waals surface area contributed by atoms with Crippen LogP contribution in [0.1, 0.15) is 23.1 Å². The molecule has 9 nitrogen and oxygen atoms in total. The highest BCUT2D eigenvalue weighted by atomic mass is 16.6. The van der Waals surface area contributed by atoms with Crippen LogP contribution in [0.5, 0.6) is 0 Å². The third kappa shape index (κ3) is 5.52. The van der Waals surface area contributed by atoms with Crippen LogP contribution in [-0.4, -0.2) is 27.1 Å². The third-order valence-electron chi connectivity index (χ3n) is 5.06. The van der Waals surface area contributed by atoms with Gasteiger partial charge in [0, 0.05) is 12.1 Å². The number of amides is 1. The number of carbonyl (C=O) groups is 1. The highest BCUT2D eigenvalue weighted by Crippen LogP contribution is 2.24. The number of fused-ring (bicyclic) bond motifs is 1. The van der Waals surface area contributed by atoms with Gasteiger partial charge in [-0.1, -0.05) is 54.6 Å². The van der Waals surface area contributed by atoms with E-state index in [0.29, 0.717) is 16.7 Å². The molecule has 1 unspecified atom stereocenters. The molecular weight excluding hydrogens is 426 g/mol. The summed E-state index contributed by atoms with van der Waals surface area (Å²) in [5, 5.41) is 24.6. The van der Waals surface area contributed by atoms with E-state index in [1.54, 1.807) is 36.4 Å². The maximum absolute atomic E-state index is 12.5. The normalized spacial score (nSPS) is 12.8. The monoisotopic (exact) mass is 447 g/mol. The number of nitrogens with zero attached hydrogens (tertiary/aromatic N) is 2. The average molecular weight is 447 g/mol. The van der Waals surface area contributed by atoms with E-state index in [1.165, 1.54) is 12.1 Å². The summed E-state index contributed by atoms with van der Waals surface area (Å²) in [6, 6.07) is 21.3. The molecule has 0 spiro atoms. The maximum atomic E-state index is 12.5. The van der Waals surface area contributed by atoms with Crippen molar-refractivity contribution in [1.29, 1.82) is 0 Å². The minimum atomic E-state index is -1.28. The number of nitro benzene ring substituents is 1. The van der Waals surface area contributed by atoms with Gasteiger partial charge < -0.3 is 19.6 Å². The van der Waals surface area contributed by atoms with Crippen LogP contribution in [0.2, 0.25) is 0 Å². The zero-order valence-corrected chi connectivity index (χ0v) is 17.5. The number of hydrogen-bond acceptors (Lipinski definition) is 7. The van der Waals surface area contributed by atoms with Crippen molar-refractivity contribution >= 4 is 22.9 Å². The van der Waals surface area contributed by atoms with E-state index in [-0.39, 0.29) is 24.6 Å². The minimum Gasteiger partial charge on any atom is -0.445 e. The van der Waals surface area contributed by atoms with E-state index in [0.717, 1.165) is 5.56 Å². The molecule has 0 saturated carbocycles. The summed E-state index contributed by atoms with van der Waals surface area (Å²) in [4.78, 5) is 27.2. The van der Waals surface area contributed by atoms with E-state index < -0.39 is 23.2 Å². The Hall–Kier alpha value is -4.24. The lowest BCUT2D eigenvalue weighted by Gasteiger charge is -2.22. The zero-order valence-electron chi connectivity index (χ0n) is 17.5. The molecule has 0 aliphatic rings. The molecule has 3 aromatic carbocycles. The van der Waals surface area contributed by atoms with Gasteiger partial charge in [-0.3, -0.25) is 10.1 Å². The zero-order chi connectivity index (χ0) is 23.2. The number of para-hydroxylation sites is 2. The molecule has 1 heterocycles. The topological polar surface area (TPSA) is 128 Å². The molecule has 4 aromatic rings. The predicted octanol–water partition coefficient (Wildman–Crippen LogP) is 4.31. The van der Waals surface area contributed by atoms with Crippen molar-refractivity contribution in [2.75, 3.05) is 0 Å². The molecular formula is C24H21N3O6. The van der Waals surface area contributed by atoms with Crippen LogP contribution in [0, 0.1) is 10.1 Å². The molecule has 0 aliphatic heterocycles. The molecule has 9 heteroatoms. The highest BCUT2D eigenvalue weighted by Gasteiger charge is 2.28. The van der Waals surface area contributed by atoms with Crippen molar-refractivity contribution < 1.29 is 24.0 Å². The third-order valence-corrected chi connectivity index (χ3v) is 5.06. The van der Waals surface area contributed by atoms with Gasteiger partial charge >= 0.3 is 6.09 Å². The Labute approximate surface area is 188 Å². The van der Waals surface area contributed by atoms with Crippen LogP contribution in [0.15, 0.2) is 83.3 Å². The lowest BCUT2D eigenvalue weighted by atomic mass is 10.0. The van der Waals surface area contributed by atoms with Crippen LogP contribution in [-0.2, 0) is 17.8 Å². The number of nitro groups is 1. The smallest absolute Gasteiger partial charge is 0.407 e. The average Bonchev–Trinajstić information content (AvgIpc) is 3.27. The van der Waals surface area contributed by atoms with Gasteiger partial charge in [0.25, 0.3) is 5.69 Å². The largest absolute Gasteiger partial charge is 0.445 e. The molecule has 0 radical (unpaired) electrons. The highest BCUT2D eigenvalue weighted by molar-refractivity contribution is 5.72. The first-order valence-electron chi connectivity index (χ1n) is 10.2. The molecule has 0 saturated heterocycles. The van der Waals surface area contributed by atoms with Crippen LogP contribution in [0.3, 0.4) is 0 Å². The number of alkyl carbamates (subject to hydrolysis) is 1. The van der Waals surface area contributed by atoms with E-state index >= 15 is 0 Å². The summed E-state index contributed by atoms with van der Waals surface area (Å²) in [6.07, 6.45) is -1.84. The molecule has 2 N–H and O–H groups in total. The number of aliphatic hydroxyl groups excluding tert-OH is 1. The molecule has 1 amide bonds. The fraction of sp³-hybridized carbons (Fsp3) is 0.167. The molecule has 33 heavy (non-hydrogen) atoms. The second-order valence-electron chi connectivity index (χ2n) is 7.40. The van der Waals surface area contributed by atoms with Crippen LogP contribution in [0.25, 0.3) is 11.1 Å². The number of rotatable bonds is 8. The van der Waals surface area contributed by atoms with Gasteiger partial charge in [-0.15, -0.1) is 0 Å². The lowest BCUT2D eigenvalue weighted by molar-refractivity contribution is -0.384. The lowest BCUT2D eigenvalue weighted by Crippen LogP contribution is -2.41. The number of non-ortho nitro benzene ring substituents is 1. The summed E-state index contributed by atoms with van der Waals surface area (Å²) >= 11 is 0. The Balaban J connectivity index is 1.52. The number of oxazole rings is 1. The number of benzene rings is 3. The van der Waals surface area contributed by atoms with Crippen LogP contribution >= 0.6 is 0 Å². The first-order chi connectivity index (χ1) is 16.0. The second-order valence-corrected chi connectivity index (χ2v) is 7.40. The number of aromatic nitrogens is 1. The van der Waals surface area contributed by atoms with Gasteiger partial charge in [-0.05, 0) is 29.7 Å². The Kier molecular flexibility index (Phi) is 6.61. The molecule has 0 aliphatic carbocycles. The van der Waals surface area contributed by atoms with Crippen LogP contribution < -0.4 is 5.32 Å². The van der Waals surface area contributed by atoms with Gasteiger partial charge in [0.15, 0.2) is 11.7 Å². The first kappa shape index (κ1) is 22.0. The van der Waals surface area contributed by atoms with Gasteiger partial charge in [-0.2, -0.15) is 0 Å². The summed E-state index contributed by atoms with van der Waals surface area (Å²) in [5.41, 5.74) is 2.52. The van der Waals surface area contributed by atoms with Crippen molar-refractivity contribution in [2.24, 2.45) is 0 Å². The van der Waals surface area contributed by atoms with Gasteiger partial charge in [-0.25, -0.2) is 9.78 Å². The van der Waals surface area contributed by atoms with E-state index in [2.05, 4.69) is 10.3 Å². The Morgan fingerprint density at radius 2 is 1.73 bits per heavy atom. The second kappa shape index (κ2) is 9.92. The van der Waals surface area contributed by atoms with Crippen LogP contribution in [0.4, 0.5) is 10.5 Å². The number of nitrogens with one attached hydrogen (secondary N) is 1. The van der Waals surface area contributed by atoms with Gasteiger partial charge in [0.1, 0.15) is 12.1 Å². The number of hydrogen-bond donors (Lipinski definition) is 2. The van der Waals surface area contributed by atoms with Gasteiger partial charge in [0.05, 0.1) is 11.0 Å². The fourth-order valence-corrected chi connectivity index (χ4v) is 3.35. The summed E-state index contributed by atoms with van der Waals surface area (Å²) in [6.45, 7) is 0.0654. The van der Waals surface area contributed by atoms with E-state index in [9.17, 15) is 20.0 Å². The maximum Gasteiger partial charge on any atom is 0.407 e. The predicted molar refractivity (Wildman–Crippen MR) is 119 cm³/mol.